The fraction of sp³-hybridized carbons (Fsp3) is 0.400. The number of benzene rings is 1. The first-order chi connectivity index (χ1) is 13.9. The molecule has 0 aromatic heterocycles. The van der Waals surface area contributed by atoms with Crippen LogP contribution in [-0.4, -0.2) is 30.0 Å². The monoisotopic (exact) mass is 431 g/mol. The number of carbonyl (C=O) groups is 1. The van der Waals surface area contributed by atoms with Crippen LogP contribution in [0.3, 0.4) is 0 Å². The van der Waals surface area contributed by atoms with Crippen molar-refractivity contribution in [1.82, 2.24) is 10.6 Å². The van der Waals surface area contributed by atoms with Crippen LogP contribution < -0.4 is 10.6 Å². The molecule has 0 spiro atoms. The molecule has 2 aliphatic rings. The van der Waals surface area contributed by atoms with E-state index in [0.29, 0.717) is 12.0 Å². The van der Waals surface area contributed by atoms with Crippen molar-refractivity contribution in [3.63, 3.8) is 0 Å². The normalized spacial score (nSPS) is 24.1. The fourth-order valence-corrected chi connectivity index (χ4v) is 3.48. The van der Waals surface area contributed by atoms with Gasteiger partial charge in [-0.15, -0.1) is 0 Å². The number of nitrogens with zero attached hydrogens (tertiary/aromatic N) is 1. The van der Waals surface area contributed by atoms with E-state index in [1.165, 1.54) is 0 Å². The fourth-order valence-electron chi connectivity index (χ4n) is 3.48. The summed E-state index contributed by atoms with van der Waals surface area (Å²) in [5.41, 5.74) is -0.448. The molecule has 10 heteroatoms. The number of hydrogen-bond acceptors (Lipinski definition) is 3. The Bertz CT molecular complexity index is 929. The highest BCUT2D eigenvalue weighted by molar-refractivity contribution is 6.15. The van der Waals surface area contributed by atoms with E-state index in [1.54, 1.807) is 18.4 Å². The number of carbonyl (C=O) groups excluding carboxylic acids is 1. The number of fused-ring (bicyclic) bond motifs is 1. The first kappa shape index (κ1) is 21.9. The van der Waals surface area contributed by atoms with Gasteiger partial charge in [0.15, 0.2) is 0 Å². The summed E-state index contributed by atoms with van der Waals surface area (Å²) in [4.78, 5) is 16.4. The molecule has 162 valence electrons. The molecule has 2 N–H and O–H groups in total. The van der Waals surface area contributed by atoms with Gasteiger partial charge in [-0.1, -0.05) is 19.1 Å². The summed E-state index contributed by atoms with van der Waals surface area (Å²) in [5, 5.41) is 5.41. The van der Waals surface area contributed by atoms with Crippen LogP contribution in [-0.2, 0) is 11.0 Å². The number of allylic oxidation sites excluding steroid dienone is 2. The largest absolute Gasteiger partial charge is 0.416 e. The van der Waals surface area contributed by atoms with E-state index in [0.717, 1.165) is 25.1 Å². The van der Waals surface area contributed by atoms with Gasteiger partial charge < -0.3 is 10.6 Å². The van der Waals surface area contributed by atoms with Gasteiger partial charge in [-0.05, 0) is 48.9 Å². The van der Waals surface area contributed by atoms with Gasteiger partial charge in [0.2, 0.25) is 5.91 Å². The first-order valence-corrected chi connectivity index (χ1v) is 9.23. The Balaban J connectivity index is 2.19. The number of nitrogens with one attached hydrogen (secondary N) is 2. The van der Waals surface area contributed by atoms with Crippen LogP contribution in [0.1, 0.15) is 42.9 Å². The number of alkyl halides is 6. The minimum atomic E-state index is -4.67. The van der Waals surface area contributed by atoms with Crippen molar-refractivity contribution in [3.05, 3.63) is 58.8 Å². The quantitative estimate of drug-likeness (QED) is 0.696. The molecule has 2 heterocycles. The van der Waals surface area contributed by atoms with Crippen molar-refractivity contribution < 1.29 is 31.1 Å². The van der Waals surface area contributed by atoms with Crippen LogP contribution in [0.5, 0.6) is 0 Å². The molecule has 2 unspecified atom stereocenters. The summed E-state index contributed by atoms with van der Waals surface area (Å²) in [5.74, 6) is -2.21. The molecule has 30 heavy (non-hydrogen) atoms. The maximum Gasteiger partial charge on any atom is 0.416 e. The zero-order valence-electron chi connectivity index (χ0n) is 16.0. The molecule has 3 rings (SSSR count). The summed E-state index contributed by atoms with van der Waals surface area (Å²) >= 11 is 0. The molecule has 0 saturated carbocycles. The number of amidine groups is 1. The second-order valence-electron chi connectivity index (χ2n) is 7.07. The maximum absolute atomic E-state index is 13.3. The molecular formula is C20H19F6N3O. The third kappa shape index (κ3) is 4.22. The zero-order valence-corrected chi connectivity index (χ0v) is 16.0. The van der Waals surface area contributed by atoms with Gasteiger partial charge in [0, 0.05) is 11.6 Å². The van der Waals surface area contributed by atoms with Crippen LogP contribution in [0.4, 0.5) is 26.3 Å². The molecule has 3 atom stereocenters. The summed E-state index contributed by atoms with van der Waals surface area (Å²) in [6.45, 7) is 2.65. The van der Waals surface area contributed by atoms with Crippen LogP contribution in [0.2, 0.25) is 0 Å². The highest BCUT2D eigenvalue weighted by Gasteiger charge is 2.41. The van der Waals surface area contributed by atoms with Gasteiger partial charge in [-0.2, -0.15) is 26.3 Å². The van der Waals surface area contributed by atoms with Crippen LogP contribution in [0, 0.1) is 0 Å². The number of dihydropyridines is 1. The smallest absolute Gasteiger partial charge is 0.384 e. The van der Waals surface area contributed by atoms with Crippen LogP contribution in [0.15, 0.2) is 47.1 Å². The molecule has 0 aliphatic carbocycles. The van der Waals surface area contributed by atoms with Gasteiger partial charge in [0.1, 0.15) is 11.9 Å². The molecule has 0 fully saturated rings. The summed E-state index contributed by atoms with van der Waals surface area (Å²) in [7, 11) is 0. The molecule has 1 aromatic carbocycles. The van der Waals surface area contributed by atoms with E-state index in [-0.39, 0.29) is 17.2 Å². The lowest BCUT2D eigenvalue weighted by molar-refractivity contribution is -0.143. The second-order valence-corrected chi connectivity index (χ2v) is 7.07. The number of amides is 1. The summed E-state index contributed by atoms with van der Waals surface area (Å²) < 4.78 is 78.8. The lowest BCUT2D eigenvalue weighted by atomic mass is 9.79. The predicted molar refractivity (Wildman–Crippen MR) is 98.8 cm³/mol. The molecule has 0 bridgehead atoms. The molecule has 0 saturated heterocycles. The summed E-state index contributed by atoms with van der Waals surface area (Å²) in [6.07, 6.45) is -3.86. The Morgan fingerprint density at radius 2 is 1.87 bits per heavy atom. The molecular weight excluding hydrogens is 412 g/mol. The predicted octanol–water partition coefficient (Wildman–Crippen LogP) is 4.44. The van der Waals surface area contributed by atoms with Gasteiger partial charge >= 0.3 is 12.4 Å². The Labute approximate surface area is 168 Å². The van der Waals surface area contributed by atoms with Gasteiger partial charge in [0.05, 0.1) is 11.5 Å². The highest BCUT2D eigenvalue weighted by Crippen LogP contribution is 2.39. The minimum absolute atomic E-state index is 0.0245. The Morgan fingerprint density at radius 1 is 1.17 bits per heavy atom. The maximum atomic E-state index is 13.3. The Morgan fingerprint density at radius 3 is 2.47 bits per heavy atom. The third-order valence-electron chi connectivity index (χ3n) is 5.07. The van der Waals surface area contributed by atoms with E-state index >= 15 is 0 Å². The SMILES string of the molecule is CCC1NC=CC=C1C1C(=O)NC(=N[C@H](C)C(F)(F)F)c2ccc(C(F)(F)F)cc21. The van der Waals surface area contributed by atoms with E-state index < -0.39 is 41.6 Å². The Kier molecular flexibility index (Phi) is 5.70. The molecule has 2 aliphatic heterocycles. The molecule has 1 aromatic rings. The standard InChI is InChI=1S/C20H19F6N3O/c1-3-15-13(5-4-8-27-15)16-14-9-11(20(24,25)26)6-7-12(14)17(29-18(16)30)28-10(2)19(21,22)23/h4-10,15-16,27H,3H2,1-2H3,(H,28,29,30)/t10-,15?,16?/m1/s1. The average Bonchev–Trinajstić information content (AvgIpc) is 2.66. The van der Waals surface area contributed by atoms with Crippen molar-refractivity contribution in [2.24, 2.45) is 4.99 Å². The lowest BCUT2D eigenvalue weighted by Crippen LogP contribution is -2.45. The van der Waals surface area contributed by atoms with Gasteiger partial charge in [0.25, 0.3) is 0 Å². The van der Waals surface area contributed by atoms with Gasteiger partial charge in [-0.25, -0.2) is 0 Å². The van der Waals surface area contributed by atoms with E-state index in [4.69, 9.17) is 0 Å². The molecule has 0 radical (unpaired) electrons. The topological polar surface area (TPSA) is 53.5 Å². The second kappa shape index (κ2) is 7.81. The van der Waals surface area contributed by atoms with Crippen molar-refractivity contribution in [3.8, 4) is 0 Å². The third-order valence-corrected chi connectivity index (χ3v) is 5.07. The van der Waals surface area contributed by atoms with Crippen molar-refractivity contribution in [2.45, 2.75) is 50.6 Å². The number of hydrogen-bond donors (Lipinski definition) is 2. The summed E-state index contributed by atoms with van der Waals surface area (Å²) in [6, 6.07) is 0.201. The zero-order chi connectivity index (χ0) is 22.3. The Hall–Kier alpha value is -2.78. The average molecular weight is 431 g/mol. The van der Waals surface area contributed by atoms with E-state index in [2.05, 4.69) is 15.6 Å². The van der Waals surface area contributed by atoms with Crippen molar-refractivity contribution in [1.29, 1.82) is 0 Å². The number of aliphatic imine (C=N–C) groups is 1. The number of rotatable bonds is 3. The van der Waals surface area contributed by atoms with Crippen LogP contribution in [0.25, 0.3) is 0 Å². The van der Waals surface area contributed by atoms with Crippen molar-refractivity contribution >= 4 is 11.7 Å². The van der Waals surface area contributed by atoms with Crippen molar-refractivity contribution in [2.75, 3.05) is 0 Å². The van der Waals surface area contributed by atoms with Gasteiger partial charge in [-0.3, -0.25) is 9.79 Å². The van der Waals surface area contributed by atoms with E-state index in [1.807, 2.05) is 6.92 Å². The minimum Gasteiger partial charge on any atom is -0.384 e. The molecule has 1 amide bonds. The van der Waals surface area contributed by atoms with Crippen LogP contribution >= 0.6 is 0 Å². The lowest BCUT2D eigenvalue weighted by Gasteiger charge is -2.33. The first-order valence-electron chi connectivity index (χ1n) is 9.23. The highest BCUT2D eigenvalue weighted by atomic mass is 19.4. The molecule has 4 nitrogen and oxygen atoms in total. The number of halogens is 6. The van der Waals surface area contributed by atoms with E-state index in [9.17, 15) is 31.1 Å².